The molecule has 5 nitrogen and oxygen atoms in total. The van der Waals surface area contributed by atoms with Crippen molar-refractivity contribution in [3.8, 4) is 5.75 Å². The van der Waals surface area contributed by atoms with Crippen LogP contribution in [0.1, 0.15) is 22.8 Å². The Hall–Kier alpha value is -1.98. The van der Waals surface area contributed by atoms with E-state index in [2.05, 4.69) is 4.74 Å². The van der Waals surface area contributed by atoms with E-state index in [4.69, 9.17) is 16.3 Å². The van der Waals surface area contributed by atoms with Crippen molar-refractivity contribution in [2.75, 3.05) is 6.61 Å². The summed E-state index contributed by atoms with van der Waals surface area (Å²) in [6, 6.07) is 9.42. The van der Waals surface area contributed by atoms with Crippen molar-refractivity contribution in [3.05, 3.63) is 64.2 Å². The molecule has 1 heterocycles. The van der Waals surface area contributed by atoms with E-state index in [1.54, 1.807) is 0 Å². The van der Waals surface area contributed by atoms with Crippen LogP contribution in [0.5, 0.6) is 5.75 Å². The fraction of sp³-hybridized carbons (Fsp3) is 0.400. The summed E-state index contributed by atoms with van der Waals surface area (Å²) < 4.78 is 73.7. The fourth-order valence-electron chi connectivity index (χ4n) is 3.31. The highest BCUT2D eigenvalue weighted by Crippen LogP contribution is 2.41. The third-order valence-electron chi connectivity index (χ3n) is 4.88. The molecule has 2 aromatic carbocycles. The number of ether oxygens (including phenoxy) is 2. The van der Waals surface area contributed by atoms with Crippen LogP contribution < -0.4 is 4.74 Å². The Balaban J connectivity index is 1.82. The van der Waals surface area contributed by atoms with Crippen molar-refractivity contribution in [2.45, 2.75) is 43.1 Å². The van der Waals surface area contributed by atoms with Gasteiger partial charge >= 0.3 is 12.3 Å². The van der Waals surface area contributed by atoms with E-state index in [0.29, 0.717) is 11.1 Å². The second-order valence-electron chi connectivity index (χ2n) is 7.06. The largest absolute Gasteiger partial charge is 0.573 e. The van der Waals surface area contributed by atoms with Gasteiger partial charge in [-0.1, -0.05) is 35.9 Å². The molecule has 31 heavy (non-hydrogen) atoms. The van der Waals surface area contributed by atoms with Gasteiger partial charge in [0.2, 0.25) is 0 Å². The molecular formula is C20H18ClF5O5. The second-order valence-corrected chi connectivity index (χ2v) is 7.46. The summed E-state index contributed by atoms with van der Waals surface area (Å²) in [7, 11) is 0. The van der Waals surface area contributed by atoms with E-state index in [1.165, 1.54) is 30.3 Å². The number of aliphatic hydroxyl groups is 3. The lowest BCUT2D eigenvalue weighted by Gasteiger charge is -2.42. The first kappa shape index (κ1) is 23.7. The minimum atomic E-state index is -4.81. The first-order valence-electron chi connectivity index (χ1n) is 9.05. The van der Waals surface area contributed by atoms with Gasteiger partial charge in [0.1, 0.15) is 30.2 Å². The molecule has 170 valence electrons. The predicted molar refractivity (Wildman–Crippen MR) is 99.0 cm³/mol. The van der Waals surface area contributed by atoms with Crippen molar-refractivity contribution < 1.29 is 46.7 Å². The zero-order valence-corrected chi connectivity index (χ0v) is 16.4. The van der Waals surface area contributed by atoms with Crippen LogP contribution in [0.2, 0.25) is 5.02 Å². The molecule has 3 rings (SSSR count). The molecule has 4 unspecified atom stereocenters. The maximum Gasteiger partial charge on any atom is 0.573 e. The molecule has 0 aliphatic carbocycles. The number of benzene rings is 2. The number of alkyl halides is 5. The number of rotatable bonds is 5. The first-order valence-corrected chi connectivity index (χ1v) is 9.43. The Morgan fingerprint density at radius 1 is 1.06 bits per heavy atom. The van der Waals surface area contributed by atoms with Gasteiger partial charge in [-0.05, 0) is 41.3 Å². The molecule has 1 aliphatic rings. The van der Waals surface area contributed by atoms with Gasteiger partial charge < -0.3 is 24.8 Å². The van der Waals surface area contributed by atoms with Gasteiger partial charge in [-0.2, -0.15) is 0 Å². The number of hydrogen-bond acceptors (Lipinski definition) is 5. The summed E-state index contributed by atoms with van der Waals surface area (Å²) in [5, 5.41) is 29.4. The zero-order valence-electron chi connectivity index (χ0n) is 15.7. The topological polar surface area (TPSA) is 79.2 Å². The van der Waals surface area contributed by atoms with Gasteiger partial charge in [0.05, 0.1) is 6.61 Å². The molecule has 2 aromatic rings. The molecule has 0 radical (unpaired) electrons. The summed E-state index contributed by atoms with van der Waals surface area (Å²) >= 11 is 6.18. The first-order chi connectivity index (χ1) is 14.4. The summed E-state index contributed by atoms with van der Waals surface area (Å²) in [5.74, 6) is -4.24. The highest BCUT2D eigenvalue weighted by molar-refractivity contribution is 6.31. The minimum absolute atomic E-state index is 0.171. The molecule has 0 amide bonds. The predicted octanol–water partition coefficient (Wildman–Crippen LogP) is 3.62. The molecule has 0 bridgehead atoms. The smallest absolute Gasteiger partial charge is 0.406 e. The number of halogens is 6. The van der Waals surface area contributed by atoms with Gasteiger partial charge in [-0.25, -0.2) is 8.78 Å². The molecule has 1 saturated heterocycles. The van der Waals surface area contributed by atoms with Crippen LogP contribution in [0.4, 0.5) is 22.0 Å². The van der Waals surface area contributed by atoms with Gasteiger partial charge in [0, 0.05) is 5.02 Å². The Kier molecular flexibility index (Phi) is 6.78. The fourth-order valence-corrected chi connectivity index (χ4v) is 3.49. The molecule has 3 N–H and O–H groups in total. The van der Waals surface area contributed by atoms with Crippen LogP contribution in [0.15, 0.2) is 42.5 Å². The normalized spacial score (nSPS) is 26.0. The van der Waals surface area contributed by atoms with E-state index < -0.39 is 43.3 Å². The Morgan fingerprint density at radius 2 is 1.71 bits per heavy atom. The van der Waals surface area contributed by atoms with E-state index in [1.807, 2.05) is 0 Å². The zero-order chi connectivity index (χ0) is 23.0. The van der Waals surface area contributed by atoms with E-state index >= 15 is 0 Å². The van der Waals surface area contributed by atoms with Crippen LogP contribution in [0.25, 0.3) is 0 Å². The van der Waals surface area contributed by atoms with E-state index in [9.17, 15) is 37.3 Å². The quantitative estimate of drug-likeness (QED) is 0.584. The average Bonchev–Trinajstić information content (AvgIpc) is 2.69. The van der Waals surface area contributed by atoms with Crippen LogP contribution in [-0.4, -0.2) is 52.5 Å². The lowest BCUT2D eigenvalue weighted by molar-refractivity contribution is -0.296. The maximum atomic E-state index is 14.0. The summed E-state index contributed by atoms with van der Waals surface area (Å²) in [6.07, 6.45) is -12.4. The average molecular weight is 469 g/mol. The van der Waals surface area contributed by atoms with Crippen molar-refractivity contribution in [2.24, 2.45) is 0 Å². The van der Waals surface area contributed by atoms with Crippen LogP contribution in [0, 0.1) is 0 Å². The number of hydrogen-bond donors (Lipinski definition) is 3. The molecule has 1 aliphatic heterocycles. The summed E-state index contributed by atoms with van der Waals surface area (Å²) in [6.45, 7) is -1.07. The van der Waals surface area contributed by atoms with Crippen LogP contribution >= 0.6 is 11.6 Å². The van der Waals surface area contributed by atoms with Gasteiger partial charge in [0.25, 0.3) is 0 Å². The highest BCUT2D eigenvalue weighted by atomic mass is 35.5. The van der Waals surface area contributed by atoms with Crippen LogP contribution in [0.3, 0.4) is 0 Å². The molecule has 0 saturated carbocycles. The van der Waals surface area contributed by atoms with E-state index in [0.717, 1.165) is 12.1 Å². The summed E-state index contributed by atoms with van der Waals surface area (Å²) in [5.41, 5.74) is 1.29. The molecule has 4 atom stereocenters. The molecule has 1 fully saturated rings. The monoisotopic (exact) mass is 468 g/mol. The van der Waals surface area contributed by atoms with E-state index in [-0.39, 0.29) is 22.8 Å². The Bertz CT molecular complexity index is 902. The second kappa shape index (κ2) is 8.87. The molecule has 11 heteroatoms. The van der Waals surface area contributed by atoms with Crippen LogP contribution in [-0.2, 0) is 11.2 Å². The van der Waals surface area contributed by atoms with Crippen molar-refractivity contribution in [1.29, 1.82) is 0 Å². The third-order valence-corrected chi connectivity index (χ3v) is 5.25. The maximum absolute atomic E-state index is 14.0. The summed E-state index contributed by atoms with van der Waals surface area (Å²) in [4.78, 5) is 0. The van der Waals surface area contributed by atoms with Crippen molar-refractivity contribution >= 4 is 11.6 Å². The lowest BCUT2D eigenvalue weighted by Crippen LogP contribution is -2.59. The van der Waals surface area contributed by atoms with Gasteiger partial charge in [0.15, 0.2) is 0 Å². The van der Waals surface area contributed by atoms with Crippen molar-refractivity contribution in [1.82, 2.24) is 0 Å². The standard InChI is InChI=1S/C20H18ClF5O5/c21-14-6-3-11(17-16(28)18(29)19(22,23)15(9-27)30-17)8-12(14)7-10-1-4-13(5-2-10)31-20(24,25)26/h1-6,8,15-18,27-29H,7,9H2. The SMILES string of the molecule is OCC1OC(c2ccc(Cl)c(Cc3ccc(OC(F)(F)F)cc3)c2)C(O)C(O)C1(F)F. The minimum Gasteiger partial charge on any atom is -0.406 e. The molecule has 0 aromatic heterocycles. The van der Waals surface area contributed by atoms with Crippen molar-refractivity contribution in [3.63, 3.8) is 0 Å². The number of aliphatic hydroxyl groups excluding tert-OH is 3. The molecular weight excluding hydrogens is 451 g/mol. The third kappa shape index (κ3) is 5.27. The molecule has 0 spiro atoms. The highest BCUT2D eigenvalue weighted by Gasteiger charge is 2.57. The van der Waals surface area contributed by atoms with Gasteiger partial charge in [-0.3, -0.25) is 0 Å². The Labute approximate surface area is 178 Å². The van der Waals surface area contributed by atoms with Gasteiger partial charge in [-0.15, -0.1) is 13.2 Å². The lowest BCUT2D eigenvalue weighted by atomic mass is 9.89. The Morgan fingerprint density at radius 3 is 2.29 bits per heavy atom.